The summed E-state index contributed by atoms with van der Waals surface area (Å²) in [6, 6.07) is 5.96. The maximum Gasteiger partial charge on any atom is 0.332 e. The molecule has 9 heteroatoms. The zero-order valence-electron chi connectivity index (χ0n) is 18.7. The lowest BCUT2D eigenvalue weighted by atomic mass is 9.85. The van der Waals surface area contributed by atoms with Crippen LogP contribution in [-0.4, -0.2) is 57.4 Å². The minimum Gasteiger partial charge on any atom is -0.478 e. The maximum atomic E-state index is 11.9. The molecule has 168 valence electrons. The van der Waals surface area contributed by atoms with Crippen molar-refractivity contribution in [3.63, 3.8) is 0 Å². The number of carbonyl (C=O) groups is 1. The van der Waals surface area contributed by atoms with Gasteiger partial charge in [-0.3, -0.25) is 5.10 Å². The van der Waals surface area contributed by atoms with Crippen LogP contribution in [0.15, 0.2) is 30.1 Å². The summed E-state index contributed by atoms with van der Waals surface area (Å²) in [5, 5.41) is 18.5. The predicted molar refractivity (Wildman–Crippen MR) is 127 cm³/mol. The highest BCUT2D eigenvalue weighted by Crippen LogP contribution is 2.32. The van der Waals surface area contributed by atoms with Crippen molar-refractivity contribution in [3.8, 4) is 0 Å². The molecule has 0 bridgehead atoms. The van der Waals surface area contributed by atoms with Crippen molar-refractivity contribution in [2.45, 2.75) is 27.7 Å². The van der Waals surface area contributed by atoms with Gasteiger partial charge in [0, 0.05) is 42.5 Å². The number of hydrogen-bond acceptors (Lipinski definition) is 6. The molecular weight excluding hydrogens is 428 g/mol. The van der Waals surface area contributed by atoms with Crippen LogP contribution in [0.3, 0.4) is 0 Å². The molecule has 32 heavy (non-hydrogen) atoms. The molecule has 0 aliphatic carbocycles. The monoisotopic (exact) mass is 454 g/mol. The van der Waals surface area contributed by atoms with E-state index in [1.807, 2.05) is 39.0 Å². The molecule has 2 N–H and O–H groups in total. The van der Waals surface area contributed by atoms with Crippen molar-refractivity contribution in [2.75, 3.05) is 36.0 Å². The molecule has 0 saturated carbocycles. The fraction of sp³-hybridized carbons (Fsp3) is 0.391. The third-order valence-corrected chi connectivity index (χ3v) is 6.01. The summed E-state index contributed by atoms with van der Waals surface area (Å²) in [5.74, 6) is -0.200. The Morgan fingerprint density at radius 2 is 1.84 bits per heavy atom. The van der Waals surface area contributed by atoms with E-state index in [9.17, 15) is 9.90 Å². The zero-order valence-corrected chi connectivity index (χ0v) is 19.4. The Labute approximate surface area is 191 Å². The molecule has 4 rings (SSSR count). The largest absolute Gasteiger partial charge is 0.478 e. The molecule has 0 spiro atoms. The van der Waals surface area contributed by atoms with E-state index in [-0.39, 0.29) is 5.57 Å². The van der Waals surface area contributed by atoms with E-state index in [4.69, 9.17) is 11.6 Å². The van der Waals surface area contributed by atoms with Crippen LogP contribution in [0, 0.1) is 12.3 Å². The number of aromatic nitrogens is 4. The van der Waals surface area contributed by atoms with E-state index in [1.54, 1.807) is 6.08 Å². The van der Waals surface area contributed by atoms with Gasteiger partial charge >= 0.3 is 5.97 Å². The standard InChI is InChI=1S/C23H27ClN6O2/c1-14-5-6-15(24)11-18(14)29-7-9-30(10-8-29)21-19-17(27-28-20(19)25-13-26-21)12-16(22(31)32)23(2,3)4/h5-6,11-13H,7-10H2,1-4H3,(H,31,32)(H,25,26,27,28). The molecular formula is C23H27ClN6O2. The third-order valence-electron chi connectivity index (χ3n) is 5.78. The summed E-state index contributed by atoms with van der Waals surface area (Å²) in [7, 11) is 0. The smallest absolute Gasteiger partial charge is 0.332 e. The molecule has 0 radical (unpaired) electrons. The first-order valence-electron chi connectivity index (χ1n) is 10.6. The Morgan fingerprint density at radius 1 is 1.16 bits per heavy atom. The van der Waals surface area contributed by atoms with Gasteiger partial charge in [-0.2, -0.15) is 5.10 Å². The first-order valence-corrected chi connectivity index (χ1v) is 10.9. The number of nitrogens with zero attached hydrogens (tertiary/aromatic N) is 5. The molecule has 1 aliphatic rings. The second-order valence-electron chi connectivity index (χ2n) is 9.05. The van der Waals surface area contributed by atoms with Crippen molar-refractivity contribution in [3.05, 3.63) is 46.4 Å². The molecule has 3 heterocycles. The van der Waals surface area contributed by atoms with Gasteiger partial charge in [0.1, 0.15) is 12.1 Å². The van der Waals surface area contributed by atoms with Gasteiger partial charge < -0.3 is 14.9 Å². The van der Waals surface area contributed by atoms with Gasteiger partial charge in [0.05, 0.1) is 11.1 Å². The molecule has 1 aliphatic heterocycles. The van der Waals surface area contributed by atoms with Crippen LogP contribution in [0.2, 0.25) is 5.02 Å². The molecule has 0 unspecified atom stereocenters. The highest BCUT2D eigenvalue weighted by atomic mass is 35.5. The zero-order chi connectivity index (χ0) is 23.0. The first kappa shape index (κ1) is 22.1. The molecule has 1 saturated heterocycles. The number of hydrogen-bond donors (Lipinski definition) is 2. The fourth-order valence-corrected chi connectivity index (χ4v) is 4.19. The molecule has 0 atom stereocenters. The van der Waals surface area contributed by atoms with Crippen LogP contribution >= 0.6 is 11.6 Å². The number of carboxylic acid groups (broad SMARTS) is 1. The number of benzene rings is 1. The number of halogens is 1. The van der Waals surface area contributed by atoms with Crippen molar-refractivity contribution < 1.29 is 9.90 Å². The van der Waals surface area contributed by atoms with Crippen molar-refractivity contribution in [1.82, 2.24) is 20.2 Å². The van der Waals surface area contributed by atoms with Gasteiger partial charge in [0.25, 0.3) is 0 Å². The minimum absolute atomic E-state index is 0.280. The molecule has 0 amide bonds. The lowest BCUT2D eigenvalue weighted by molar-refractivity contribution is -0.133. The average Bonchev–Trinajstić information content (AvgIpc) is 3.16. The van der Waals surface area contributed by atoms with Crippen LogP contribution in [0.25, 0.3) is 17.1 Å². The number of aliphatic carboxylic acids is 1. The van der Waals surface area contributed by atoms with Gasteiger partial charge in [-0.1, -0.05) is 38.4 Å². The number of aromatic amines is 1. The van der Waals surface area contributed by atoms with Crippen molar-refractivity contribution in [1.29, 1.82) is 0 Å². The summed E-state index contributed by atoms with van der Waals surface area (Å²) in [5.41, 5.74) is 3.21. The summed E-state index contributed by atoms with van der Waals surface area (Å²) >= 11 is 6.21. The van der Waals surface area contributed by atoms with Crippen LogP contribution in [0.4, 0.5) is 11.5 Å². The number of aryl methyl sites for hydroxylation is 1. The number of anilines is 2. The molecule has 3 aromatic rings. The van der Waals surface area contributed by atoms with Gasteiger partial charge in [-0.05, 0) is 36.1 Å². The Kier molecular flexibility index (Phi) is 5.81. The first-order chi connectivity index (χ1) is 15.1. The SMILES string of the molecule is Cc1ccc(Cl)cc1N1CCN(c2ncnc3[nH]nc(C=C(C(=O)O)C(C)(C)C)c23)CC1. The van der Waals surface area contributed by atoms with E-state index in [1.165, 1.54) is 11.9 Å². The van der Waals surface area contributed by atoms with E-state index in [2.05, 4.69) is 36.9 Å². The number of nitrogens with one attached hydrogen (secondary N) is 1. The van der Waals surface area contributed by atoms with Crippen LogP contribution in [0.5, 0.6) is 0 Å². The van der Waals surface area contributed by atoms with Crippen LogP contribution in [0.1, 0.15) is 32.0 Å². The quantitative estimate of drug-likeness (QED) is 0.571. The second kappa shape index (κ2) is 8.43. The lowest BCUT2D eigenvalue weighted by Crippen LogP contribution is -2.47. The van der Waals surface area contributed by atoms with Gasteiger partial charge in [-0.25, -0.2) is 14.8 Å². The highest BCUT2D eigenvalue weighted by molar-refractivity contribution is 6.30. The summed E-state index contributed by atoms with van der Waals surface area (Å²) in [4.78, 5) is 25.2. The van der Waals surface area contributed by atoms with E-state index in [0.717, 1.165) is 48.1 Å². The van der Waals surface area contributed by atoms with Crippen molar-refractivity contribution in [2.24, 2.45) is 5.41 Å². The topological polar surface area (TPSA) is 98.2 Å². The molecule has 8 nitrogen and oxygen atoms in total. The van der Waals surface area contributed by atoms with E-state index in [0.29, 0.717) is 11.3 Å². The highest BCUT2D eigenvalue weighted by Gasteiger charge is 2.27. The van der Waals surface area contributed by atoms with E-state index >= 15 is 0 Å². The normalized spacial score (nSPS) is 15.5. The van der Waals surface area contributed by atoms with Gasteiger partial charge in [-0.15, -0.1) is 0 Å². The third kappa shape index (κ3) is 4.27. The predicted octanol–water partition coefficient (Wildman–Crippen LogP) is 4.16. The van der Waals surface area contributed by atoms with Gasteiger partial charge in [0.15, 0.2) is 5.65 Å². The van der Waals surface area contributed by atoms with Crippen molar-refractivity contribution >= 4 is 46.2 Å². The maximum absolute atomic E-state index is 11.9. The van der Waals surface area contributed by atoms with Gasteiger partial charge in [0.2, 0.25) is 0 Å². The molecule has 1 fully saturated rings. The second-order valence-corrected chi connectivity index (χ2v) is 9.48. The lowest BCUT2D eigenvalue weighted by Gasteiger charge is -2.37. The molecule has 2 aromatic heterocycles. The summed E-state index contributed by atoms with van der Waals surface area (Å²) < 4.78 is 0. The fourth-order valence-electron chi connectivity index (χ4n) is 4.03. The number of rotatable bonds is 4. The van der Waals surface area contributed by atoms with Crippen LogP contribution in [-0.2, 0) is 4.79 Å². The molecule has 1 aromatic carbocycles. The summed E-state index contributed by atoms with van der Waals surface area (Å²) in [6.07, 6.45) is 3.14. The number of H-pyrrole nitrogens is 1. The van der Waals surface area contributed by atoms with Crippen LogP contribution < -0.4 is 9.80 Å². The number of piperazine rings is 1. The number of fused-ring (bicyclic) bond motifs is 1. The Balaban J connectivity index is 1.66. The Hall–Kier alpha value is -3.13. The Morgan fingerprint density at radius 3 is 2.50 bits per heavy atom. The van der Waals surface area contributed by atoms with E-state index < -0.39 is 11.4 Å². The minimum atomic E-state index is -0.961. The number of carboxylic acids is 1. The average molecular weight is 455 g/mol. The summed E-state index contributed by atoms with van der Waals surface area (Å²) in [6.45, 7) is 10.9. The Bertz CT molecular complexity index is 1190.